The number of halogens is 4. The van der Waals surface area contributed by atoms with Crippen LogP contribution < -0.4 is 4.90 Å². The Labute approximate surface area is 125 Å². The quantitative estimate of drug-likeness (QED) is 0.846. The predicted molar refractivity (Wildman–Crippen MR) is 74.4 cm³/mol. The van der Waals surface area contributed by atoms with E-state index < -0.39 is 11.7 Å². The highest BCUT2D eigenvalue weighted by molar-refractivity contribution is 6.33. The van der Waals surface area contributed by atoms with Crippen LogP contribution in [0.1, 0.15) is 12.0 Å². The number of anilines is 1. The van der Waals surface area contributed by atoms with E-state index in [1.165, 1.54) is 0 Å². The number of rotatable bonds is 5. The molecule has 114 valence electrons. The summed E-state index contributed by atoms with van der Waals surface area (Å²) in [6.45, 7) is 1.39. The third-order valence-corrected chi connectivity index (χ3v) is 3.26. The van der Waals surface area contributed by atoms with Crippen LogP contribution in [0.4, 0.5) is 19.0 Å². The van der Waals surface area contributed by atoms with Gasteiger partial charge in [-0.3, -0.25) is 0 Å². The second-order valence-electron chi connectivity index (χ2n) is 4.60. The summed E-state index contributed by atoms with van der Waals surface area (Å²) in [5.41, 5.74) is -0.844. The Hall–Kier alpha value is -1.76. The first-order valence-electron chi connectivity index (χ1n) is 6.27. The average Bonchev–Trinajstić information content (AvgIpc) is 2.90. The highest BCUT2D eigenvalue weighted by atomic mass is 35.5. The highest BCUT2D eigenvalue weighted by Gasteiger charge is 2.31. The lowest BCUT2D eigenvalue weighted by Crippen LogP contribution is -2.21. The molecule has 0 saturated carbocycles. The van der Waals surface area contributed by atoms with Gasteiger partial charge in [0.25, 0.3) is 0 Å². The van der Waals surface area contributed by atoms with Gasteiger partial charge in [-0.15, -0.1) is 0 Å². The first-order chi connectivity index (χ1) is 9.88. The fourth-order valence-corrected chi connectivity index (χ4v) is 2.19. The van der Waals surface area contributed by atoms with Crippen molar-refractivity contribution in [1.29, 1.82) is 0 Å². The van der Waals surface area contributed by atoms with Gasteiger partial charge in [0, 0.05) is 38.7 Å². The minimum absolute atomic E-state index is 0.00467. The molecule has 0 unspecified atom stereocenters. The minimum atomic E-state index is -4.44. The molecule has 0 spiro atoms. The Morgan fingerprint density at radius 1 is 1.38 bits per heavy atom. The summed E-state index contributed by atoms with van der Waals surface area (Å²) in [5.74, 6) is 0.343. The second-order valence-corrected chi connectivity index (χ2v) is 5.01. The van der Waals surface area contributed by atoms with E-state index in [1.807, 2.05) is 10.8 Å². The first kappa shape index (κ1) is 15.6. The van der Waals surface area contributed by atoms with Crippen molar-refractivity contribution < 1.29 is 13.2 Å². The monoisotopic (exact) mass is 318 g/mol. The van der Waals surface area contributed by atoms with Gasteiger partial charge in [0.15, 0.2) is 0 Å². The van der Waals surface area contributed by atoms with Crippen molar-refractivity contribution in [2.45, 2.75) is 19.1 Å². The zero-order valence-electron chi connectivity index (χ0n) is 11.3. The van der Waals surface area contributed by atoms with Gasteiger partial charge >= 0.3 is 6.18 Å². The van der Waals surface area contributed by atoms with Crippen LogP contribution in [0.25, 0.3) is 0 Å². The topological polar surface area (TPSA) is 34.0 Å². The van der Waals surface area contributed by atoms with Gasteiger partial charge in [-0.25, -0.2) is 9.97 Å². The van der Waals surface area contributed by atoms with E-state index in [-0.39, 0.29) is 5.02 Å². The fourth-order valence-electron chi connectivity index (χ4n) is 1.88. The van der Waals surface area contributed by atoms with Crippen molar-refractivity contribution in [3.05, 3.63) is 41.6 Å². The van der Waals surface area contributed by atoms with Crippen LogP contribution in [0.15, 0.2) is 31.0 Å². The summed E-state index contributed by atoms with van der Waals surface area (Å²) in [7, 11) is 1.75. The van der Waals surface area contributed by atoms with Crippen molar-refractivity contribution >= 4 is 17.4 Å². The van der Waals surface area contributed by atoms with Gasteiger partial charge in [0.2, 0.25) is 0 Å². The first-order valence-corrected chi connectivity index (χ1v) is 6.65. The minimum Gasteiger partial charge on any atom is -0.358 e. The number of pyridine rings is 1. The molecule has 0 bridgehead atoms. The molecule has 2 aromatic rings. The Morgan fingerprint density at radius 2 is 2.14 bits per heavy atom. The molecule has 0 fully saturated rings. The van der Waals surface area contributed by atoms with Gasteiger partial charge in [-0.1, -0.05) is 11.6 Å². The molecule has 0 amide bonds. The normalized spacial score (nSPS) is 11.7. The lowest BCUT2D eigenvalue weighted by Gasteiger charge is -2.20. The molecule has 0 N–H and O–H groups in total. The Balaban J connectivity index is 1.97. The fraction of sp³-hybridized carbons (Fsp3) is 0.385. The summed E-state index contributed by atoms with van der Waals surface area (Å²) in [5, 5.41) is -0.00467. The average molecular weight is 319 g/mol. The van der Waals surface area contributed by atoms with Crippen molar-refractivity contribution in [1.82, 2.24) is 14.5 Å². The van der Waals surface area contributed by atoms with Crippen LogP contribution in [-0.4, -0.2) is 28.1 Å². The Bertz CT molecular complexity index is 584. The molecular weight excluding hydrogens is 305 g/mol. The number of hydrogen-bond donors (Lipinski definition) is 0. The molecular formula is C13H14ClF3N4. The zero-order valence-corrected chi connectivity index (χ0v) is 12.1. The summed E-state index contributed by atoms with van der Waals surface area (Å²) in [6, 6.07) is 0.899. The molecule has 8 heteroatoms. The van der Waals surface area contributed by atoms with Crippen LogP contribution in [0.5, 0.6) is 0 Å². The van der Waals surface area contributed by atoms with Gasteiger partial charge in [-0.05, 0) is 12.5 Å². The lowest BCUT2D eigenvalue weighted by atomic mass is 10.2. The molecule has 2 aromatic heterocycles. The van der Waals surface area contributed by atoms with Gasteiger partial charge in [0.1, 0.15) is 5.82 Å². The maximum atomic E-state index is 12.5. The van der Waals surface area contributed by atoms with Crippen molar-refractivity contribution in [3.63, 3.8) is 0 Å². The summed E-state index contributed by atoms with van der Waals surface area (Å²) in [6.07, 6.45) is 2.42. The van der Waals surface area contributed by atoms with Crippen molar-refractivity contribution in [3.8, 4) is 0 Å². The van der Waals surface area contributed by atoms with Crippen molar-refractivity contribution in [2.24, 2.45) is 0 Å². The molecule has 21 heavy (non-hydrogen) atoms. The number of aromatic nitrogens is 3. The Morgan fingerprint density at radius 3 is 2.71 bits per heavy atom. The molecule has 0 aromatic carbocycles. The van der Waals surface area contributed by atoms with E-state index in [1.54, 1.807) is 24.5 Å². The van der Waals surface area contributed by atoms with Crippen LogP contribution in [-0.2, 0) is 12.7 Å². The third-order valence-electron chi connectivity index (χ3n) is 2.98. The number of hydrogen-bond acceptors (Lipinski definition) is 3. The van der Waals surface area contributed by atoms with Gasteiger partial charge < -0.3 is 9.47 Å². The van der Waals surface area contributed by atoms with E-state index >= 15 is 0 Å². The maximum Gasteiger partial charge on any atom is 0.417 e. The van der Waals surface area contributed by atoms with Crippen LogP contribution >= 0.6 is 11.6 Å². The molecule has 0 atom stereocenters. The molecule has 2 heterocycles. The number of nitrogens with zero attached hydrogens (tertiary/aromatic N) is 4. The van der Waals surface area contributed by atoms with Crippen molar-refractivity contribution in [2.75, 3.05) is 18.5 Å². The summed E-state index contributed by atoms with van der Waals surface area (Å²) in [4.78, 5) is 9.48. The van der Waals surface area contributed by atoms with E-state index in [9.17, 15) is 13.2 Å². The molecule has 2 rings (SSSR count). The summed E-state index contributed by atoms with van der Waals surface area (Å²) >= 11 is 5.89. The van der Waals surface area contributed by atoms with Crippen LogP contribution in [0.3, 0.4) is 0 Å². The molecule has 0 saturated heterocycles. The lowest BCUT2D eigenvalue weighted by molar-refractivity contribution is -0.137. The SMILES string of the molecule is CN(CCCn1ccnc1)c1ncc(C(F)(F)F)cc1Cl. The largest absolute Gasteiger partial charge is 0.417 e. The van der Waals surface area contributed by atoms with E-state index in [4.69, 9.17) is 11.6 Å². The van der Waals surface area contributed by atoms with E-state index in [2.05, 4.69) is 9.97 Å². The second kappa shape index (κ2) is 6.34. The molecule has 0 radical (unpaired) electrons. The third kappa shape index (κ3) is 4.10. The maximum absolute atomic E-state index is 12.5. The highest BCUT2D eigenvalue weighted by Crippen LogP contribution is 2.33. The van der Waals surface area contributed by atoms with Crippen LogP contribution in [0.2, 0.25) is 5.02 Å². The van der Waals surface area contributed by atoms with Crippen LogP contribution in [0, 0.1) is 0 Å². The van der Waals surface area contributed by atoms with Gasteiger partial charge in [-0.2, -0.15) is 13.2 Å². The number of alkyl halides is 3. The standard InChI is InChI=1S/C13H14ClF3N4/c1-20(4-2-5-21-6-3-18-9-21)12-11(14)7-10(8-19-12)13(15,16)17/h3,6-9H,2,4-5H2,1H3. The summed E-state index contributed by atoms with van der Waals surface area (Å²) < 4.78 is 39.5. The number of aryl methyl sites for hydroxylation is 1. The smallest absolute Gasteiger partial charge is 0.358 e. The zero-order chi connectivity index (χ0) is 15.5. The molecule has 4 nitrogen and oxygen atoms in total. The predicted octanol–water partition coefficient (Wildman–Crippen LogP) is 3.48. The molecule has 0 aliphatic heterocycles. The van der Waals surface area contributed by atoms with E-state index in [0.29, 0.717) is 12.4 Å². The molecule has 0 aliphatic carbocycles. The van der Waals surface area contributed by atoms with E-state index in [0.717, 1.165) is 25.2 Å². The molecule has 0 aliphatic rings. The number of imidazole rings is 1. The van der Waals surface area contributed by atoms with Gasteiger partial charge in [0.05, 0.1) is 16.9 Å². The Kier molecular flexibility index (Phi) is 4.72.